The molecular formula is C24H16F6N2. The van der Waals surface area contributed by atoms with Crippen molar-refractivity contribution < 1.29 is 26.3 Å². The summed E-state index contributed by atoms with van der Waals surface area (Å²) in [5, 5.41) is -0.830. The zero-order chi connectivity index (χ0) is 23.0. The summed E-state index contributed by atoms with van der Waals surface area (Å²) in [4.78, 5) is 8.51. The normalized spacial score (nSPS) is 16.5. The van der Waals surface area contributed by atoms with Gasteiger partial charge in [0.05, 0.1) is 10.9 Å². The molecule has 0 bridgehead atoms. The van der Waals surface area contributed by atoms with Gasteiger partial charge in [0.25, 0.3) is 0 Å². The van der Waals surface area contributed by atoms with Gasteiger partial charge in [0.15, 0.2) is 11.6 Å². The van der Waals surface area contributed by atoms with Crippen LogP contribution in [0.3, 0.4) is 0 Å². The van der Waals surface area contributed by atoms with Crippen molar-refractivity contribution in [3.05, 3.63) is 65.2 Å². The minimum Gasteiger partial charge on any atom is -0.236 e. The summed E-state index contributed by atoms with van der Waals surface area (Å²) in [6, 6.07) is 2.98. The number of hydrogen-bond acceptors (Lipinski definition) is 2. The molecule has 4 rings (SSSR count). The number of hydrogen-bond donors (Lipinski definition) is 0. The van der Waals surface area contributed by atoms with Crippen LogP contribution in [0.5, 0.6) is 0 Å². The Labute approximate surface area is 180 Å². The fourth-order valence-electron chi connectivity index (χ4n) is 3.66. The lowest BCUT2D eigenvalue weighted by Crippen LogP contribution is -2.03. The maximum absolute atomic E-state index is 14.7. The maximum Gasteiger partial charge on any atom is 0.458 e. The lowest BCUT2D eigenvalue weighted by molar-refractivity contribution is -0.0696. The van der Waals surface area contributed by atoms with Crippen LogP contribution in [0.25, 0.3) is 27.7 Å². The molecule has 2 nitrogen and oxygen atoms in total. The maximum atomic E-state index is 14.7. The van der Waals surface area contributed by atoms with Gasteiger partial charge in [0, 0.05) is 29.4 Å². The number of allylic oxidation sites excluding steroid dienone is 2. The highest BCUT2D eigenvalue weighted by molar-refractivity contribution is 5.89. The molecule has 0 radical (unpaired) electrons. The summed E-state index contributed by atoms with van der Waals surface area (Å²) < 4.78 is 80.4. The van der Waals surface area contributed by atoms with Crippen LogP contribution in [0.1, 0.15) is 37.3 Å². The van der Waals surface area contributed by atoms with Crippen LogP contribution in [0.4, 0.5) is 26.3 Å². The second kappa shape index (κ2) is 8.30. The van der Waals surface area contributed by atoms with Gasteiger partial charge in [0.1, 0.15) is 11.6 Å². The van der Waals surface area contributed by atoms with E-state index in [0.29, 0.717) is 5.92 Å². The summed E-state index contributed by atoms with van der Waals surface area (Å²) in [6.07, 6.45) is 3.38. The minimum atomic E-state index is -4.94. The first-order valence-electron chi connectivity index (χ1n) is 9.85. The number of benzene rings is 2. The van der Waals surface area contributed by atoms with Crippen molar-refractivity contribution >= 4 is 16.3 Å². The Balaban J connectivity index is 1.73. The third kappa shape index (κ3) is 4.47. The lowest BCUT2D eigenvalue weighted by atomic mass is 9.89. The third-order valence-electron chi connectivity index (χ3n) is 5.36. The van der Waals surface area contributed by atoms with E-state index >= 15 is 0 Å². The van der Waals surface area contributed by atoms with Crippen LogP contribution < -0.4 is 0 Å². The molecule has 1 aliphatic rings. The molecule has 32 heavy (non-hydrogen) atoms. The van der Waals surface area contributed by atoms with Crippen molar-refractivity contribution in [2.24, 2.45) is 5.92 Å². The fraction of sp³-hybridized carbons (Fsp3) is 0.250. The molecule has 1 aromatic heterocycles. The summed E-state index contributed by atoms with van der Waals surface area (Å²) >= 11 is 0. The van der Waals surface area contributed by atoms with Gasteiger partial charge in [0.2, 0.25) is 0 Å². The SMILES string of the molecule is CC1CC=C(c2cnc(-c3cc(F)c4c(F)c(C#CC(F)(F)F)c(F)cc4c3)nc2)CC1. The van der Waals surface area contributed by atoms with Crippen LogP contribution in [0.2, 0.25) is 0 Å². The van der Waals surface area contributed by atoms with E-state index in [2.05, 4.69) is 23.0 Å². The molecule has 0 saturated heterocycles. The Hall–Kier alpha value is -3.34. The quantitative estimate of drug-likeness (QED) is 0.319. The van der Waals surface area contributed by atoms with Crippen molar-refractivity contribution in [1.29, 1.82) is 0 Å². The number of nitrogens with zero attached hydrogens (tertiary/aromatic N) is 2. The first-order chi connectivity index (χ1) is 15.1. The average Bonchev–Trinajstić information content (AvgIpc) is 2.73. The van der Waals surface area contributed by atoms with E-state index in [1.54, 1.807) is 12.4 Å². The van der Waals surface area contributed by atoms with E-state index in [4.69, 9.17) is 0 Å². The molecule has 3 aromatic rings. The van der Waals surface area contributed by atoms with Crippen molar-refractivity contribution in [2.75, 3.05) is 0 Å². The van der Waals surface area contributed by atoms with E-state index in [0.717, 1.165) is 48.5 Å². The average molecular weight is 446 g/mol. The largest absolute Gasteiger partial charge is 0.458 e. The number of rotatable bonds is 2. The molecule has 0 N–H and O–H groups in total. The topological polar surface area (TPSA) is 25.8 Å². The van der Waals surface area contributed by atoms with Crippen molar-refractivity contribution in [3.8, 4) is 23.2 Å². The van der Waals surface area contributed by atoms with Crippen molar-refractivity contribution in [1.82, 2.24) is 9.97 Å². The molecule has 2 aromatic carbocycles. The molecule has 0 spiro atoms. The Bertz CT molecular complexity index is 1280. The Morgan fingerprint density at radius 1 is 0.969 bits per heavy atom. The van der Waals surface area contributed by atoms with Gasteiger partial charge in [-0.1, -0.05) is 18.9 Å². The molecule has 0 aliphatic heterocycles. The zero-order valence-electron chi connectivity index (χ0n) is 16.8. The number of alkyl halides is 3. The van der Waals surface area contributed by atoms with Crippen LogP contribution in [0, 0.1) is 35.2 Å². The molecule has 1 atom stereocenters. The molecule has 164 valence electrons. The molecule has 1 heterocycles. The molecule has 0 saturated carbocycles. The van der Waals surface area contributed by atoms with Crippen LogP contribution in [0.15, 0.2) is 36.7 Å². The molecule has 1 unspecified atom stereocenters. The summed E-state index contributed by atoms with van der Waals surface area (Å²) in [5.74, 6) is -0.910. The van der Waals surface area contributed by atoms with Gasteiger partial charge < -0.3 is 0 Å². The fourth-order valence-corrected chi connectivity index (χ4v) is 3.66. The smallest absolute Gasteiger partial charge is 0.236 e. The predicted molar refractivity (Wildman–Crippen MR) is 109 cm³/mol. The molecular weight excluding hydrogens is 430 g/mol. The lowest BCUT2D eigenvalue weighted by Gasteiger charge is -2.18. The Morgan fingerprint density at radius 2 is 1.69 bits per heavy atom. The van der Waals surface area contributed by atoms with Crippen LogP contribution in [-0.2, 0) is 0 Å². The van der Waals surface area contributed by atoms with E-state index in [-0.39, 0.29) is 16.8 Å². The zero-order valence-corrected chi connectivity index (χ0v) is 16.8. The molecule has 0 amide bonds. The third-order valence-corrected chi connectivity index (χ3v) is 5.36. The van der Waals surface area contributed by atoms with E-state index < -0.39 is 34.6 Å². The minimum absolute atomic E-state index is 0.154. The number of halogens is 6. The second-order valence-electron chi connectivity index (χ2n) is 7.76. The molecule has 1 aliphatic carbocycles. The van der Waals surface area contributed by atoms with Crippen LogP contribution in [-0.4, -0.2) is 16.1 Å². The first-order valence-corrected chi connectivity index (χ1v) is 9.85. The van der Waals surface area contributed by atoms with Crippen LogP contribution >= 0.6 is 0 Å². The van der Waals surface area contributed by atoms with Crippen molar-refractivity contribution in [3.63, 3.8) is 0 Å². The molecule has 0 fully saturated rings. The van der Waals surface area contributed by atoms with Gasteiger partial charge in [-0.3, -0.25) is 0 Å². The summed E-state index contributed by atoms with van der Waals surface area (Å²) in [6.45, 7) is 2.18. The van der Waals surface area contributed by atoms with E-state index in [1.807, 2.05) is 0 Å². The van der Waals surface area contributed by atoms with Crippen molar-refractivity contribution in [2.45, 2.75) is 32.4 Å². The summed E-state index contributed by atoms with van der Waals surface area (Å²) in [7, 11) is 0. The highest BCUT2D eigenvalue weighted by Crippen LogP contribution is 2.32. The predicted octanol–water partition coefficient (Wildman–Crippen LogP) is 6.83. The number of fused-ring (bicyclic) bond motifs is 1. The first kappa shape index (κ1) is 21.9. The second-order valence-corrected chi connectivity index (χ2v) is 7.76. The van der Waals surface area contributed by atoms with Gasteiger partial charge in [-0.05, 0) is 54.3 Å². The van der Waals surface area contributed by atoms with E-state index in [9.17, 15) is 26.3 Å². The Kier molecular flexibility index (Phi) is 5.68. The highest BCUT2D eigenvalue weighted by Gasteiger charge is 2.24. The van der Waals surface area contributed by atoms with Gasteiger partial charge in [-0.25, -0.2) is 23.1 Å². The highest BCUT2D eigenvalue weighted by atomic mass is 19.4. The summed E-state index contributed by atoms with van der Waals surface area (Å²) in [5.41, 5.74) is 1.03. The Morgan fingerprint density at radius 3 is 2.31 bits per heavy atom. The number of aromatic nitrogens is 2. The molecule has 8 heteroatoms. The van der Waals surface area contributed by atoms with Gasteiger partial charge in [-0.15, -0.1) is 0 Å². The standard InChI is InChI=1S/C24H16F6N2/c1-13-2-4-14(5-3-13)17-11-31-23(32-12-17)16-8-15-9-19(25)18(6-7-24(28,29)30)22(27)21(15)20(26)10-16/h4,8-13H,2-3,5H2,1H3. The van der Waals surface area contributed by atoms with Gasteiger partial charge in [-0.2, -0.15) is 13.2 Å². The van der Waals surface area contributed by atoms with E-state index in [1.165, 1.54) is 12.0 Å². The van der Waals surface area contributed by atoms with Gasteiger partial charge >= 0.3 is 6.18 Å². The monoisotopic (exact) mass is 446 g/mol.